The van der Waals surface area contributed by atoms with Crippen LogP contribution in [0.15, 0.2) is 51.9 Å². The lowest BCUT2D eigenvalue weighted by molar-refractivity contribution is 0.102. The van der Waals surface area contributed by atoms with E-state index in [0.29, 0.717) is 11.1 Å². The van der Waals surface area contributed by atoms with Gasteiger partial charge in [0, 0.05) is 22.6 Å². The van der Waals surface area contributed by atoms with Gasteiger partial charge in [-0.05, 0) is 58.6 Å². The molecule has 1 amide bonds. The molecule has 0 fully saturated rings. The van der Waals surface area contributed by atoms with Gasteiger partial charge in [0.05, 0.1) is 11.2 Å². The summed E-state index contributed by atoms with van der Waals surface area (Å²) in [6.07, 6.45) is 2.57. The largest absolute Gasteiger partial charge is 0.346 e. The van der Waals surface area contributed by atoms with Crippen molar-refractivity contribution >= 4 is 38.4 Å². The first-order chi connectivity index (χ1) is 11.5. The quantitative estimate of drug-likeness (QED) is 0.730. The molecule has 0 aliphatic carbocycles. The molecule has 0 saturated heterocycles. The van der Waals surface area contributed by atoms with Crippen LogP contribution < -0.4 is 10.7 Å². The molecule has 2 aromatic carbocycles. The molecular weight excluding hydrogens is 368 g/mol. The van der Waals surface area contributed by atoms with Crippen molar-refractivity contribution in [2.24, 2.45) is 0 Å². The molecular formula is C19H15BrN2O2. The molecule has 1 N–H and O–H groups in total. The normalized spacial score (nSPS) is 12.6. The number of pyridine rings is 1. The van der Waals surface area contributed by atoms with E-state index in [2.05, 4.69) is 21.2 Å². The van der Waals surface area contributed by atoms with E-state index in [4.69, 9.17) is 0 Å². The molecule has 1 aliphatic rings. The number of amides is 1. The minimum atomic E-state index is -0.382. The minimum absolute atomic E-state index is 0.175. The Kier molecular flexibility index (Phi) is 3.53. The third kappa shape index (κ3) is 2.36. The Labute approximate surface area is 147 Å². The van der Waals surface area contributed by atoms with Gasteiger partial charge in [-0.1, -0.05) is 18.2 Å². The highest BCUT2D eigenvalue weighted by Crippen LogP contribution is 2.26. The predicted octanol–water partition coefficient (Wildman–Crippen LogP) is 3.88. The van der Waals surface area contributed by atoms with Gasteiger partial charge in [0.15, 0.2) is 0 Å². The van der Waals surface area contributed by atoms with Gasteiger partial charge in [0.25, 0.3) is 5.91 Å². The number of hydrogen-bond donors (Lipinski definition) is 1. The topological polar surface area (TPSA) is 51.1 Å². The predicted molar refractivity (Wildman–Crippen MR) is 98.7 cm³/mol. The zero-order chi connectivity index (χ0) is 16.8. The summed E-state index contributed by atoms with van der Waals surface area (Å²) in [6, 6.07) is 11.4. The van der Waals surface area contributed by atoms with Crippen LogP contribution in [-0.2, 0) is 13.0 Å². The van der Waals surface area contributed by atoms with Crippen LogP contribution in [0.5, 0.6) is 0 Å². The van der Waals surface area contributed by atoms with Crippen molar-refractivity contribution in [2.45, 2.75) is 19.9 Å². The zero-order valence-corrected chi connectivity index (χ0v) is 14.7. The second-order valence-corrected chi connectivity index (χ2v) is 6.92. The lowest BCUT2D eigenvalue weighted by atomic mass is 10.1. The average molecular weight is 383 g/mol. The summed E-state index contributed by atoms with van der Waals surface area (Å²) >= 11 is 3.44. The molecule has 5 heteroatoms. The Morgan fingerprint density at radius 2 is 2.08 bits per heavy atom. The van der Waals surface area contributed by atoms with Gasteiger partial charge in [0.1, 0.15) is 5.56 Å². The molecule has 3 aromatic rings. The Bertz CT molecular complexity index is 1050. The zero-order valence-electron chi connectivity index (χ0n) is 13.1. The average Bonchev–Trinajstić information content (AvgIpc) is 2.97. The van der Waals surface area contributed by atoms with Gasteiger partial charge < -0.3 is 9.88 Å². The first-order valence-electron chi connectivity index (χ1n) is 7.77. The number of aryl methyl sites for hydroxylation is 3. The van der Waals surface area contributed by atoms with E-state index in [1.54, 1.807) is 12.3 Å². The monoisotopic (exact) mass is 382 g/mol. The van der Waals surface area contributed by atoms with Crippen molar-refractivity contribution < 1.29 is 4.79 Å². The number of carbonyl (C=O) groups is 1. The highest BCUT2D eigenvalue weighted by atomic mass is 79.9. The summed E-state index contributed by atoms with van der Waals surface area (Å²) in [5, 5.41) is 3.44. The van der Waals surface area contributed by atoms with Crippen LogP contribution in [0.25, 0.3) is 10.9 Å². The molecule has 0 bridgehead atoms. The summed E-state index contributed by atoms with van der Waals surface area (Å²) in [5.74, 6) is -0.382. The van der Waals surface area contributed by atoms with Crippen molar-refractivity contribution in [2.75, 3.05) is 5.32 Å². The molecule has 0 atom stereocenters. The number of rotatable bonds is 2. The van der Waals surface area contributed by atoms with Crippen LogP contribution in [0.3, 0.4) is 0 Å². The van der Waals surface area contributed by atoms with Crippen LogP contribution >= 0.6 is 15.9 Å². The summed E-state index contributed by atoms with van der Waals surface area (Å²) in [7, 11) is 0. The summed E-state index contributed by atoms with van der Waals surface area (Å²) in [6.45, 7) is 2.77. The Morgan fingerprint density at radius 1 is 1.25 bits per heavy atom. The van der Waals surface area contributed by atoms with Gasteiger partial charge in [-0.25, -0.2) is 0 Å². The summed E-state index contributed by atoms with van der Waals surface area (Å²) in [5.41, 5.74) is 3.82. The summed E-state index contributed by atoms with van der Waals surface area (Å²) in [4.78, 5) is 25.4. The number of para-hydroxylation sites is 1. The third-order valence-corrected chi connectivity index (χ3v) is 5.08. The van der Waals surface area contributed by atoms with E-state index in [9.17, 15) is 9.59 Å². The standard InChI is InChI=1S/C19H15BrN2O2/c1-11-5-6-16(15(20)9-11)21-19(24)14-10-22-8-7-12-3-2-4-13(17(12)22)18(14)23/h2-6,9-10H,7-8H2,1H3,(H,21,24). The van der Waals surface area contributed by atoms with Crippen LogP contribution in [-0.4, -0.2) is 10.5 Å². The number of anilines is 1. The number of carbonyl (C=O) groups excluding carboxylic acids is 1. The number of nitrogens with one attached hydrogen (secondary N) is 1. The fourth-order valence-corrected chi connectivity index (χ4v) is 3.82. The highest BCUT2D eigenvalue weighted by Gasteiger charge is 2.20. The number of nitrogens with zero attached hydrogens (tertiary/aromatic N) is 1. The highest BCUT2D eigenvalue weighted by molar-refractivity contribution is 9.10. The number of benzene rings is 2. The van der Waals surface area contributed by atoms with Crippen molar-refractivity contribution in [3.8, 4) is 0 Å². The van der Waals surface area contributed by atoms with Crippen LogP contribution in [0.1, 0.15) is 21.5 Å². The SMILES string of the molecule is Cc1ccc(NC(=O)c2cn3c4c(cccc4c2=O)CC3)c(Br)c1. The Morgan fingerprint density at radius 3 is 2.88 bits per heavy atom. The lowest BCUT2D eigenvalue weighted by Gasteiger charge is -2.10. The molecule has 4 nitrogen and oxygen atoms in total. The molecule has 0 radical (unpaired) electrons. The van der Waals surface area contributed by atoms with Gasteiger partial charge in [-0.3, -0.25) is 9.59 Å². The fraction of sp³-hybridized carbons (Fsp3) is 0.158. The van der Waals surface area contributed by atoms with Gasteiger partial charge in [-0.15, -0.1) is 0 Å². The molecule has 1 aromatic heterocycles. The molecule has 0 saturated carbocycles. The van der Waals surface area contributed by atoms with E-state index in [1.165, 1.54) is 0 Å². The van der Waals surface area contributed by atoms with E-state index in [1.807, 2.05) is 41.8 Å². The Hall–Kier alpha value is -2.40. The van der Waals surface area contributed by atoms with Gasteiger partial charge in [0.2, 0.25) is 5.43 Å². The molecule has 2 heterocycles. The molecule has 0 unspecified atom stereocenters. The minimum Gasteiger partial charge on any atom is -0.346 e. The van der Waals surface area contributed by atoms with Crippen LogP contribution in [0, 0.1) is 6.92 Å². The van der Waals surface area contributed by atoms with Gasteiger partial charge in [-0.2, -0.15) is 0 Å². The van der Waals surface area contributed by atoms with Crippen molar-refractivity contribution in [3.63, 3.8) is 0 Å². The molecule has 1 aliphatic heterocycles. The number of aromatic nitrogens is 1. The summed E-state index contributed by atoms with van der Waals surface area (Å²) < 4.78 is 2.80. The maximum Gasteiger partial charge on any atom is 0.261 e. The molecule has 120 valence electrons. The smallest absolute Gasteiger partial charge is 0.261 e. The van der Waals surface area contributed by atoms with Crippen LogP contribution in [0.2, 0.25) is 0 Å². The Balaban J connectivity index is 1.79. The number of hydrogen-bond acceptors (Lipinski definition) is 2. The first-order valence-corrected chi connectivity index (χ1v) is 8.56. The molecule has 0 spiro atoms. The lowest BCUT2D eigenvalue weighted by Crippen LogP contribution is -2.23. The second-order valence-electron chi connectivity index (χ2n) is 6.07. The number of halogens is 1. The maximum atomic E-state index is 12.7. The molecule has 4 rings (SSSR count). The van der Waals surface area contributed by atoms with Gasteiger partial charge >= 0.3 is 0 Å². The fourth-order valence-electron chi connectivity index (χ4n) is 3.23. The maximum absolute atomic E-state index is 12.7. The van der Waals surface area contributed by atoms with E-state index >= 15 is 0 Å². The van der Waals surface area contributed by atoms with Crippen molar-refractivity contribution in [1.82, 2.24) is 4.57 Å². The van der Waals surface area contributed by atoms with E-state index in [0.717, 1.165) is 34.1 Å². The first kappa shape index (κ1) is 15.1. The third-order valence-electron chi connectivity index (χ3n) is 4.42. The van der Waals surface area contributed by atoms with Crippen molar-refractivity contribution in [1.29, 1.82) is 0 Å². The second kappa shape index (κ2) is 5.60. The van der Waals surface area contributed by atoms with Crippen molar-refractivity contribution in [3.05, 3.63) is 74.0 Å². The van der Waals surface area contributed by atoms with E-state index in [-0.39, 0.29) is 16.9 Å². The van der Waals surface area contributed by atoms with Crippen LogP contribution in [0.4, 0.5) is 5.69 Å². The van der Waals surface area contributed by atoms with E-state index < -0.39 is 0 Å². The molecule has 24 heavy (non-hydrogen) atoms.